The first-order chi connectivity index (χ1) is 11.6. The number of fused-ring (bicyclic) bond motifs is 1. The molecule has 0 amide bonds. The average Bonchev–Trinajstić information content (AvgIpc) is 2.78. The van der Waals surface area contributed by atoms with Gasteiger partial charge in [-0.25, -0.2) is 0 Å². The standard InChI is InChI=1S/C18H18O6/c1-20-12-6-4-11(5-7-12)14-10-17(19)24-18-15(22-3)8-13(21-2)9-16(18)23-14/h4-9,14H,10H2,1-3H3/t14-/m0/s1. The van der Waals surface area contributed by atoms with Gasteiger partial charge in [0.05, 0.1) is 27.8 Å². The van der Waals surface area contributed by atoms with E-state index in [1.54, 1.807) is 26.4 Å². The van der Waals surface area contributed by atoms with Crippen LogP contribution in [-0.4, -0.2) is 27.3 Å². The Hall–Kier alpha value is -2.89. The van der Waals surface area contributed by atoms with E-state index in [2.05, 4.69) is 0 Å². The third-order valence-corrected chi connectivity index (χ3v) is 3.77. The van der Waals surface area contributed by atoms with Gasteiger partial charge in [-0.1, -0.05) is 12.1 Å². The molecule has 0 aliphatic carbocycles. The second-order valence-electron chi connectivity index (χ2n) is 5.21. The average molecular weight is 330 g/mol. The monoisotopic (exact) mass is 330 g/mol. The Morgan fingerprint density at radius 3 is 2.29 bits per heavy atom. The molecule has 2 aromatic rings. The van der Waals surface area contributed by atoms with Crippen LogP contribution in [0, 0.1) is 0 Å². The first-order valence-corrected chi connectivity index (χ1v) is 7.42. The first kappa shape index (κ1) is 16.0. The molecule has 3 rings (SSSR count). The molecular weight excluding hydrogens is 312 g/mol. The van der Waals surface area contributed by atoms with Gasteiger partial charge >= 0.3 is 5.97 Å². The Labute approximate surface area is 139 Å². The second-order valence-corrected chi connectivity index (χ2v) is 5.21. The molecule has 6 heteroatoms. The van der Waals surface area contributed by atoms with Crippen LogP contribution in [0.25, 0.3) is 0 Å². The molecule has 0 saturated carbocycles. The number of carbonyl (C=O) groups is 1. The lowest BCUT2D eigenvalue weighted by atomic mass is 10.1. The van der Waals surface area contributed by atoms with Crippen molar-refractivity contribution in [3.63, 3.8) is 0 Å². The van der Waals surface area contributed by atoms with Crippen LogP contribution in [0.15, 0.2) is 36.4 Å². The van der Waals surface area contributed by atoms with E-state index in [4.69, 9.17) is 23.7 Å². The molecule has 24 heavy (non-hydrogen) atoms. The number of methoxy groups -OCH3 is 3. The first-order valence-electron chi connectivity index (χ1n) is 7.42. The maximum Gasteiger partial charge on any atom is 0.315 e. The van der Waals surface area contributed by atoms with Crippen molar-refractivity contribution in [3.05, 3.63) is 42.0 Å². The van der Waals surface area contributed by atoms with Crippen molar-refractivity contribution >= 4 is 5.97 Å². The van der Waals surface area contributed by atoms with Crippen LogP contribution >= 0.6 is 0 Å². The van der Waals surface area contributed by atoms with Crippen LogP contribution in [-0.2, 0) is 4.79 Å². The smallest absolute Gasteiger partial charge is 0.315 e. The number of benzene rings is 2. The number of rotatable bonds is 4. The van der Waals surface area contributed by atoms with E-state index in [0.717, 1.165) is 11.3 Å². The fraction of sp³-hybridized carbons (Fsp3) is 0.278. The molecule has 1 aliphatic rings. The molecule has 0 unspecified atom stereocenters. The topological polar surface area (TPSA) is 63.2 Å². The minimum absolute atomic E-state index is 0.0898. The van der Waals surface area contributed by atoms with Gasteiger partial charge in [0.25, 0.3) is 0 Å². The minimum Gasteiger partial charge on any atom is -0.497 e. The van der Waals surface area contributed by atoms with Gasteiger partial charge in [-0.2, -0.15) is 0 Å². The summed E-state index contributed by atoms with van der Waals surface area (Å²) in [5, 5.41) is 0. The number of hydrogen-bond donors (Lipinski definition) is 0. The van der Waals surface area contributed by atoms with Crippen LogP contribution in [0.5, 0.6) is 28.7 Å². The van der Waals surface area contributed by atoms with Crippen molar-refractivity contribution in [2.75, 3.05) is 21.3 Å². The number of carbonyl (C=O) groups excluding carboxylic acids is 1. The van der Waals surface area contributed by atoms with E-state index in [0.29, 0.717) is 17.2 Å². The Morgan fingerprint density at radius 2 is 1.67 bits per heavy atom. The molecule has 6 nitrogen and oxygen atoms in total. The summed E-state index contributed by atoms with van der Waals surface area (Å²) >= 11 is 0. The maximum atomic E-state index is 12.2. The van der Waals surface area contributed by atoms with Gasteiger partial charge in [0.15, 0.2) is 11.5 Å². The van der Waals surface area contributed by atoms with Gasteiger partial charge in [0, 0.05) is 12.1 Å². The molecule has 0 saturated heterocycles. The molecule has 0 N–H and O–H groups in total. The second kappa shape index (κ2) is 6.70. The highest BCUT2D eigenvalue weighted by Crippen LogP contribution is 2.45. The lowest BCUT2D eigenvalue weighted by Crippen LogP contribution is -2.13. The number of esters is 1. The van der Waals surface area contributed by atoms with Gasteiger partial charge in [-0.15, -0.1) is 0 Å². The third kappa shape index (κ3) is 3.08. The summed E-state index contributed by atoms with van der Waals surface area (Å²) < 4.78 is 27.1. The highest BCUT2D eigenvalue weighted by Gasteiger charge is 2.29. The van der Waals surface area contributed by atoms with E-state index < -0.39 is 12.1 Å². The fourth-order valence-corrected chi connectivity index (χ4v) is 2.52. The van der Waals surface area contributed by atoms with E-state index >= 15 is 0 Å². The molecule has 0 radical (unpaired) electrons. The predicted molar refractivity (Wildman–Crippen MR) is 86.2 cm³/mol. The van der Waals surface area contributed by atoms with E-state index in [9.17, 15) is 4.79 Å². The Kier molecular flexibility index (Phi) is 4.46. The summed E-state index contributed by atoms with van der Waals surface area (Å²) in [6.45, 7) is 0. The normalized spacial score (nSPS) is 16.3. The van der Waals surface area contributed by atoms with Crippen molar-refractivity contribution in [2.45, 2.75) is 12.5 Å². The summed E-state index contributed by atoms with van der Waals surface area (Å²) in [6.07, 6.45) is -0.381. The number of ether oxygens (including phenoxy) is 5. The molecule has 1 heterocycles. The minimum atomic E-state index is -0.471. The van der Waals surface area contributed by atoms with Crippen molar-refractivity contribution in [1.29, 1.82) is 0 Å². The molecule has 0 aromatic heterocycles. The van der Waals surface area contributed by atoms with Gasteiger partial charge in [-0.3, -0.25) is 4.79 Å². The summed E-state index contributed by atoms with van der Waals surface area (Å²) in [5.41, 5.74) is 0.849. The van der Waals surface area contributed by atoms with Gasteiger partial charge in [0.2, 0.25) is 5.75 Å². The lowest BCUT2D eigenvalue weighted by molar-refractivity contribution is -0.135. The SMILES string of the molecule is COc1ccc([C@@H]2CC(=O)Oc3c(OC)cc(OC)cc3O2)cc1. The van der Waals surface area contributed by atoms with Crippen molar-refractivity contribution < 1.29 is 28.5 Å². The molecule has 0 spiro atoms. The van der Waals surface area contributed by atoms with Crippen LogP contribution in [0.1, 0.15) is 18.1 Å². The molecular formula is C18H18O6. The Bertz CT molecular complexity index is 738. The Balaban J connectivity index is 1.99. The summed E-state index contributed by atoms with van der Waals surface area (Å²) in [7, 11) is 4.64. The lowest BCUT2D eigenvalue weighted by Gasteiger charge is -2.17. The zero-order valence-corrected chi connectivity index (χ0v) is 13.7. The Morgan fingerprint density at radius 1 is 0.958 bits per heavy atom. The van der Waals surface area contributed by atoms with E-state index in [-0.39, 0.29) is 12.2 Å². The quantitative estimate of drug-likeness (QED) is 0.634. The highest BCUT2D eigenvalue weighted by molar-refractivity contribution is 5.77. The molecule has 0 fully saturated rings. The van der Waals surface area contributed by atoms with E-state index in [1.165, 1.54) is 7.11 Å². The van der Waals surface area contributed by atoms with Crippen molar-refractivity contribution in [3.8, 4) is 28.7 Å². The van der Waals surface area contributed by atoms with Crippen molar-refractivity contribution in [1.82, 2.24) is 0 Å². The van der Waals surface area contributed by atoms with Gasteiger partial charge < -0.3 is 23.7 Å². The highest BCUT2D eigenvalue weighted by atomic mass is 16.6. The van der Waals surface area contributed by atoms with Crippen LogP contribution in [0.3, 0.4) is 0 Å². The van der Waals surface area contributed by atoms with Crippen molar-refractivity contribution in [2.24, 2.45) is 0 Å². The van der Waals surface area contributed by atoms with Crippen LogP contribution < -0.4 is 23.7 Å². The van der Waals surface area contributed by atoms with E-state index in [1.807, 2.05) is 24.3 Å². The van der Waals surface area contributed by atoms with Gasteiger partial charge in [-0.05, 0) is 17.7 Å². The third-order valence-electron chi connectivity index (χ3n) is 3.77. The summed E-state index contributed by atoms with van der Waals surface area (Å²) in [4.78, 5) is 12.2. The zero-order chi connectivity index (χ0) is 17.1. The predicted octanol–water partition coefficient (Wildman–Crippen LogP) is 3.14. The van der Waals surface area contributed by atoms with Gasteiger partial charge in [0.1, 0.15) is 17.6 Å². The number of hydrogen-bond acceptors (Lipinski definition) is 6. The fourth-order valence-electron chi connectivity index (χ4n) is 2.52. The van der Waals surface area contributed by atoms with Crippen LogP contribution in [0.4, 0.5) is 0 Å². The molecule has 0 bridgehead atoms. The zero-order valence-electron chi connectivity index (χ0n) is 13.7. The molecule has 1 atom stereocenters. The summed E-state index contributed by atoms with van der Waals surface area (Å²) in [6, 6.07) is 10.7. The molecule has 126 valence electrons. The molecule has 2 aromatic carbocycles. The van der Waals surface area contributed by atoms with Crippen LogP contribution in [0.2, 0.25) is 0 Å². The largest absolute Gasteiger partial charge is 0.497 e. The summed E-state index contributed by atoms with van der Waals surface area (Å²) in [5.74, 6) is 1.94. The molecule has 1 aliphatic heterocycles. The maximum absolute atomic E-state index is 12.2.